The van der Waals surface area contributed by atoms with Gasteiger partial charge in [0.25, 0.3) is 0 Å². The van der Waals surface area contributed by atoms with E-state index < -0.39 is 12.7 Å². The fraction of sp³-hybridized carbons (Fsp3) is 0.261. The van der Waals surface area contributed by atoms with E-state index in [4.69, 9.17) is 0 Å². The lowest BCUT2D eigenvalue weighted by molar-refractivity contribution is -0.275. The molecule has 0 spiro atoms. The van der Waals surface area contributed by atoms with Gasteiger partial charge in [-0.3, -0.25) is 9.59 Å². The van der Waals surface area contributed by atoms with Gasteiger partial charge in [-0.25, -0.2) is 19.9 Å². The number of fused-ring (bicyclic) bond motifs is 2. The second-order valence-electron chi connectivity index (χ2n) is 15.1. The van der Waals surface area contributed by atoms with Gasteiger partial charge in [0.15, 0.2) is 0 Å². The number of carbonyl (C=O) groups is 2. The zero-order valence-electron chi connectivity index (χ0n) is 35.4. The van der Waals surface area contributed by atoms with Gasteiger partial charge < -0.3 is 40.1 Å². The van der Waals surface area contributed by atoms with Crippen molar-refractivity contribution in [3.05, 3.63) is 121 Å². The second kappa shape index (κ2) is 21.1. The lowest BCUT2D eigenvalue weighted by Crippen LogP contribution is -2.44. The zero-order chi connectivity index (χ0) is 46.7. The first-order chi connectivity index (χ1) is 31.6. The molecule has 20 heteroatoms. The molecule has 0 aliphatic carbocycles. The maximum absolute atomic E-state index is 12.3. The molecule has 2 aromatic heterocycles. The molecule has 2 aliphatic heterocycles. The van der Waals surface area contributed by atoms with Crippen LogP contribution in [0.1, 0.15) is 17.5 Å². The SMILES string of the molecule is CN1CCCN(c2ncc3cc(NC(=O)/C=C/c4ccc(OC(F)(F)F)cc4)ccc3n2)CC1.O=C(/C=C/c1ccc(OC(F)(F)F)cc1)Nc1ccc2nc(N3CCNCC3)ncc2c1. The van der Waals surface area contributed by atoms with E-state index in [1.165, 1.54) is 72.8 Å². The fourth-order valence-electron chi connectivity index (χ4n) is 6.89. The lowest BCUT2D eigenvalue weighted by Gasteiger charge is -2.27. The average Bonchev–Trinajstić information content (AvgIpc) is 3.52. The number of benzene rings is 4. The molecule has 2 saturated heterocycles. The average molecular weight is 915 g/mol. The van der Waals surface area contributed by atoms with Gasteiger partial charge >= 0.3 is 12.7 Å². The molecule has 4 heterocycles. The molecule has 0 bridgehead atoms. The molecule has 0 atom stereocenters. The summed E-state index contributed by atoms with van der Waals surface area (Å²) < 4.78 is 81.0. The molecule has 14 nitrogen and oxygen atoms in total. The molecule has 6 aromatic rings. The van der Waals surface area contributed by atoms with E-state index in [0.717, 1.165) is 80.6 Å². The van der Waals surface area contributed by atoms with Crippen molar-refractivity contribution in [3.63, 3.8) is 0 Å². The highest BCUT2D eigenvalue weighted by Crippen LogP contribution is 2.26. The number of alkyl halides is 6. The molecular weight excluding hydrogens is 871 g/mol. The third-order valence-corrected chi connectivity index (χ3v) is 10.2. The van der Waals surface area contributed by atoms with Crippen LogP contribution >= 0.6 is 0 Å². The minimum absolute atomic E-state index is 0.321. The number of hydrogen-bond acceptors (Lipinski definition) is 12. The van der Waals surface area contributed by atoms with E-state index in [1.807, 2.05) is 12.1 Å². The Morgan fingerprint density at radius 1 is 0.606 bits per heavy atom. The van der Waals surface area contributed by atoms with Gasteiger partial charge in [-0.15, -0.1) is 26.3 Å². The maximum atomic E-state index is 12.3. The molecule has 3 N–H and O–H groups in total. The lowest BCUT2D eigenvalue weighted by atomic mass is 10.2. The number of piperazine rings is 1. The van der Waals surface area contributed by atoms with Crippen molar-refractivity contribution in [2.45, 2.75) is 19.1 Å². The minimum Gasteiger partial charge on any atom is -0.406 e. The number of amides is 2. The molecule has 2 aliphatic rings. The summed E-state index contributed by atoms with van der Waals surface area (Å²) in [5.41, 5.74) is 3.86. The molecule has 0 unspecified atom stereocenters. The van der Waals surface area contributed by atoms with E-state index in [0.29, 0.717) is 34.4 Å². The van der Waals surface area contributed by atoms with E-state index in [9.17, 15) is 35.9 Å². The van der Waals surface area contributed by atoms with Crippen LogP contribution in [0, 0.1) is 0 Å². The summed E-state index contributed by atoms with van der Waals surface area (Å²) in [7, 11) is 2.11. The van der Waals surface area contributed by atoms with E-state index >= 15 is 0 Å². The predicted octanol–water partition coefficient (Wildman–Crippen LogP) is 7.91. The number of anilines is 4. The van der Waals surface area contributed by atoms with Gasteiger partial charge in [-0.1, -0.05) is 24.3 Å². The first-order valence-electron chi connectivity index (χ1n) is 20.7. The van der Waals surface area contributed by atoms with E-state index in [-0.39, 0.29) is 23.3 Å². The van der Waals surface area contributed by atoms with Gasteiger partial charge in [0.1, 0.15) is 11.5 Å². The second-order valence-corrected chi connectivity index (χ2v) is 15.1. The van der Waals surface area contributed by atoms with Crippen LogP contribution in [0.3, 0.4) is 0 Å². The molecule has 0 radical (unpaired) electrons. The number of halogens is 6. The zero-order valence-corrected chi connectivity index (χ0v) is 35.4. The number of carbonyl (C=O) groups excluding carboxylic acids is 2. The van der Waals surface area contributed by atoms with Crippen molar-refractivity contribution in [3.8, 4) is 11.5 Å². The van der Waals surface area contributed by atoms with E-state index in [1.54, 1.807) is 36.7 Å². The van der Waals surface area contributed by atoms with Crippen molar-refractivity contribution in [2.24, 2.45) is 0 Å². The molecule has 2 amide bonds. The standard InChI is InChI=1S/C24H24F3N5O2.C22H20F3N5O2/c1-31-11-2-12-32(14-13-31)23-28-16-18-15-19(6-9-21(18)30-23)29-22(33)10-5-17-3-7-20(8-4-17)34-24(25,26)27;23-22(24,25)32-18-5-1-15(2-6-18)3-8-20(31)28-17-4-7-19-16(13-17)14-27-21(29-19)30-11-9-26-10-12-30/h3-10,15-16H,2,11-14H2,1H3,(H,29,33);1-8,13-14,26H,9-12H2,(H,28,31)/b10-5+;8-3+. The Morgan fingerprint density at radius 2 is 1.06 bits per heavy atom. The van der Waals surface area contributed by atoms with Crippen LogP contribution in [0.15, 0.2) is 109 Å². The Balaban J connectivity index is 0.000000197. The van der Waals surface area contributed by atoms with Crippen molar-refractivity contribution >= 4 is 69.0 Å². The quantitative estimate of drug-likeness (QED) is 0.0906. The van der Waals surface area contributed by atoms with Crippen LogP contribution in [0.2, 0.25) is 0 Å². The molecule has 2 fully saturated rings. The summed E-state index contributed by atoms with van der Waals surface area (Å²) in [5, 5.41) is 10.4. The largest absolute Gasteiger partial charge is 0.573 e. The highest BCUT2D eigenvalue weighted by molar-refractivity contribution is 6.03. The highest BCUT2D eigenvalue weighted by atomic mass is 19.4. The Bertz CT molecular complexity index is 2680. The number of rotatable bonds is 10. The number of ether oxygens (including phenoxy) is 2. The number of hydrogen-bond donors (Lipinski definition) is 3. The summed E-state index contributed by atoms with van der Waals surface area (Å²) in [6, 6.07) is 21.2. The Morgan fingerprint density at radius 3 is 1.52 bits per heavy atom. The van der Waals surface area contributed by atoms with Crippen LogP contribution in [0.5, 0.6) is 11.5 Å². The summed E-state index contributed by atoms with van der Waals surface area (Å²) in [5.74, 6) is -0.00419. The summed E-state index contributed by atoms with van der Waals surface area (Å²) in [6.45, 7) is 7.30. The first kappa shape index (κ1) is 46.7. The molecular formula is C46H44F6N10O4. The topological polar surface area (TPSA) is 150 Å². The number of aromatic nitrogens is 4. The Hall–Kier alpha value is -7.32. The molecule has 66 heavy (non-hydrogen) atoms. The normalized spacial score (nSPS) is 15.1. The third kappa shape index (κ3) is 14.1. The van der Waals surface area contributed by atoms with Crippen molar-refractivity contribution in [2.75, 3.05) is 79.8 Å². The Kier molecular flexibility index (Phi) is 14.9. The molecule has 4 aromatic carbocycles. The number of likely N-dealkylation sites (N-methyl/N-ethyl adjacent to an activating group) is 1. The van der Waals surface area contributed by atoms with Gasteiger partial charge in [0.05, 0.1) is 11.0 Å². The van der Waals surface area contributed by atoms with Crippen LogP contribution in [0.4, 0.5) is 49.6 Å². The molecule has 344 valence electrons. The third-order valence-electron chi connectivity index (χ3n) is 10.2. The van der Waals surface area contributed by atoms with Crippen molar-refractivity contribution < 1.29 is 45.4 Å². The summed E-state index contributed by atoms with van der Waals surface area (Å²) >= 11 is 0. The van der Waals surface area contributed by atoms with Crippen LogP contribution in [-0.2, 0) is 9.59 Å². The highest BCUT2D eigenvalue weighted by Gasteiger charge is 2.31. The van der Waals surface area contributed by atoms with Gasteiger partial charge in [0.2, 0.25) is 23.7 Å². The summed E-state index contributed by atoms with van der Waals surface area (Å²) in [4.78, 5) is 49.3. The number of nitrogens with zero attached hydrogens (tertiary/aromatic N) is 7. The fourth-order valence-corrected chi connectivity index (χ4v) is 6.89. The van der Waals surface area contributed by atoms with Gasteiger partial charge in [-0.05, 0) is 104 Å². The van der Waals surface area contributed by atoms with E-state index in [2.05, 4.69) is 67.1 Å². The van der Waals surface area contributed by atoms with Crippen molar-refractivity contribution in [1.29, 1.82) is 0 Å². The molecule has 0 saturated carbocycles. The van der Waals surface area contributed by atoms with Crippen molar-refractivity contribution in [1.82, 2.24) is 30.2 Å². The first-order valence-corrected chi connectivity index (χ1v) is 20.7. The minimum atomic E-state index is -4.74. The van der Waals surface area contributed by atoms with Crippen LogP contribution in [-0.4, -0.2) is 109 Å². The summed E-state index contributed by atoms with van der Waals surface area (Å²) in [6.07, 6.45) is 0.661. The Labute approximate surface area is 375 Å². The molecule has 8 rings (SSSR count). The van der Waals surface area contributed by atoms with Gasteiger partial charge in [0, 0.05) is 92.5 Å². The monoisotopic (exact) mass is 914 g/mol. The van der Waals surface area contributed by atoms with Crippen LogP contribution < -0.4 is 35.2 Å². The van der Waals surface area contributed by atoms with Crippen LogP contribution in [0.25, 0.3) is 34.0 Å². The number of nitrogens with one attached hydrogen (secondary N) is 3. The predicted molar refractivity (Wildman–Crippen MR) is 240 cm³/mol. The maximum Gasteiger partial charge on any atom is 0.573 e. The smallest absolute Gasteiger partial charge is 0.406 e. The van der Waals surface area contributed by atoms with Gasteiger partial charge in [-0.2, -0.15) is 0 Å².